The molecule has 110 valence electrons. The Morgan fingerprint density at radius 3 is 2.67 bits per heavy atom. The van der Waals surface area contributed by atoms with E-state index in [0.717, 1.165) is 23.3 Å². The van der Waals surface area contributed by atoms with Crippen LogP contribution in [0.5, 0.6) is 0 Å². The molecule has 4 heteroatoms. The third kappa shape index (κ3) is 3.10. The fourth-order valence-electron chi connectivity index (χ4n) is 2.62. The van der Waals surface area contributed by atoms with Crippen LogP contribution in [-0.4, -0.2) is 20.0 Å². The lowest BCUT2D eigenvalue weighted by atomic mass is 10.2. The lowest BCUT2D eigenvalue weighted by Crippen LogP contribution is -2.21. The first-order valence-corrected chi connectivity index (χ1v) is 8.11. The molecule has 1 aliphatic rings. The van der Waals surface area contributed by atoms with E-state index in [1.807, 2.05) is 14.1 Å². The summed E-state index contributed by atoms with van der Waals surface area (Å²) in [6.45, 7) is 0.578. The molecular weight excluding hydrogens is 280 g/mol. The number of rotatable bonds is 4. The van der Waals surface area contributed by atoms with E-state index in [4.69, 9.17) is 0 Å². The monoisotopic (exact) mass is 300 g/mol. The number of carbonyl (C=O) groups excluding carboxylic acids is 1. The second kappa shape index (κ2) is 5.90. The number of anilines is 1. The summed E-state index contributed by atoms with van der Waals surface area (Å²) < 4.78 is 0. The van der Waals surface area contributed by atoms with Gasteiger partial charge in [-0.25, -0.2) is 0 Å². The predicted molar refractivity (Wildman–Crippen MR) is 88.3 cm³/mol. The number of hydrogen-bond acceptors (Lipinski definition) is 3. The van der Waals surface area contributed by atoms with Gasteiger partial charge in [0.2, 0.25) is 0 Å². The predicted octanol–water partition coefficient (Wildman–Crippen LogP) is 3.23. The summed E-state index contributed by atoms with van der Waals surface area (Å²) in [5.41, 5.74) is 3.67. The van der Waals surface area contributed by atoms with Crippen molar-refractivity contribution in [1.82, 2.24) is 5.32 Å². The summed E-state index contributed by atoms with van der Waals surface area (Å²) in [4.78, 5) is 16.5. The maximum atomic E-state index is 12.2. The Bertz CT molecular complexity index is 622. The molecule has 0 saturated heterocycles. The molecule has 0 saturated carbocycles. The summed E-state index contributed by atoms with van der Waals surface area (Å²) >= 11 is 1.65. The standard InChI is InChI=1S/C17H20N2OS/c1-19(2)14-8-6-12(7-9-14)11-18-17(20)16-10-13-4-3-5-15(13)21-16/h6-10H,3-5,11H2,1-2H3,(H,18,20). The molecule has 0 aliphatic heterocycles. The lowest BCUT2D eigenvalue weighted by Gasteiger charge is -2.12. The Hall–Kier alpha value is -1.81. The molecule has 3 rings (SSSR count). The highest BCUT2D eigenvalue weighted by molar-refractivity contribution is 7.14. The third-order valence-corrected chi connectivity index (χ3v) is 5.11. The first-order valence-electron chi connectivity index (χ1n) is 7.29. The van der Waals surface area contributed by atoms with Gasteiger partial charge in [0.05, 0.1) is 4.88 Å². The molecule has 0 bridgehead atoms. The summed E-state index contributed by atoms with van der Waals surface area (Å²) in [7, 11) is 4.04. The molecule has 21 heavy (non-hydrogen) atoms. The zero-order valence-electron chi connectivity index (χ0n) is 12.5. The highest BCUT2D eigenvalue weighted by Crippen LogP contribution is 2.30. The van der Waals surface area contributed by atoms with Crippen LogP contribution in [0.1, 0.15) is 32.1 Å². The van der Waals surface area contributed by atoms with Gasteiger partial charge in [-0.3, -0.25) is 4.79 Å². The van der Waals surface area contributed by atoms with Crippen LogP contribution in [0, 0.1) is 0 Å². The minimum atomic E-state index is 0.0473. The molecule has 0 atom stereocenters. The molecule has 1 heterocycles. The van der Waals surface area contributed by atoms with E-state index in [1.54, 1.807) is 11.3 Å². The molecular formula is C17H20N2OS. The summed E-state index contributed by atoms with van der Waals surface area (Å²) in [5, 5.41) is 3.01. The van der Waals surface area contributed by atoms with Crippen molar-refractivity contribution in [2.24, 2.45) is 0 Å². The number of nitrogens with one attached hydrogen (secondary N) is 1. The summed E-state index contributed by atoms with van der Waals surface area (Å²) in [5.74, 6) is 0.0473. The van der Waals surface area contributed by atoms with Gasteiger partial charge in [0, 0.05) is 31.2 Å². The second-order valence-corrected chi connectivity index (χ2v) is 6.79. The molecule has 0 unspecified atom stereocenters. The highest BCUT2D eigenvalue weighted by atomic mass is 32.1. The SMILES string of the molecule is CN(C)c1ccc(CNC(=O)c2cc3c(s2)CCC3)cc1. The lowest BCUT2D eigenvalue weighted by molar-refractivity contribution is 0.0955. The molecule has 1 N–H and O–H groups in total. The molecule has 0 spiro atoms. The van der Waals surface area contributed by atoms with E-state index in [1.165, 1.54) is 22.5 Å². The van der Waals surface area contributed by atoms with Crippen molar-refractivity contribution < 1.29 is 4.79 Å². The van der Waals surface area contributed by atoms with Crippen LogP contribution in [0.15, 0.2) is 30.3 Å². The van der Waals surface area contributed by atoms with Gasteiger partial charge in [0.1, 0.15) is 0 Å². The van der Waals surface area contributed by atoms with Gasteiger partial charge in [-0.05, 0) is 48.6 Å². The Morgan fingerprint density at radius 1 is 1.24 bits per heavy atom. The number of fused-ring (bicyclic) bond motifs is 1. The van der Waals surface area contributed by atoms with Gasteiger partial charge >= 0.3 is 0 Å². The van der Waals surface area contributed by atoms with Crippen molar-refractivity contribution in [1.29, 1.82) is 0 Å². The number of aryl methyl sites for hydroxylation is 2. The first-order chi connectivity index (χ1) is 10.1. The molecule has 3 nitrogen and oxygen atoms in total. The Morgan fingerprint density at radius 2 is 2.00 bits per heavy atom. The maximum absolute atomic E-state index is 12.2. The van der Waals surface area contributed by atoms with E-state index in [2.05, 4.69) is 40.5 Å². The molecule has 1 amide bonds. The summed E-state index contributed by atoms with van der Waals surface area (Å²) in [6, 6.07) is 10.3. The van der Waals surface area contributed by atoms with Crippen LogP contribution in [-0.2, 0) is 19.4 Å². The molecule has 1 aromatic heterocycles. The van der Waals surface area contributed by atoms with Crippen molar-refractivity contribution >= 4 is 22.9 Å². The smallest absolute Gasteiger partial charge is 0.261 e. The van der Waals surface area contributed by atoms with E-state index in [-0.39, 0.29) is 5.91 Å². The first kappa shape index (κ1) is 14.1. The number of carbonyl (C=O) groups is 1. The van der Waals surface area contributed by atoms with Crippen molar-refractivity contribution in [2.75, 3.05) is 19.0 Å². The zero-order chi connectivity index (χ0) is 14.8. The van der Waals surface area contributed by atoms with Crippen molar-refractivity contribution in [3.63, 3.8) is 0 Å². The van der Waals surface area contributed by atoms with Gasteiger partial charge in [0.25, 0.3) is 5.91 Å². The largest absolute Gasteiger partial charge is 0.378 e. The van der Waals surface area contributed by atoms with Crippen LogP contribution >= 0.6 is 11.3 Å². The quantitative estimate of drug-likeness (QED) is 0.940. The van der Waals surface area contributed by atoms with E-state index >= 15 is 0 Å². The Labute approximate surface area is 129 Å². The highest BCUT2D eigenvalue weighted by Gasteiger charge is 2.18. The minimum Gasteiger partial charge on any atom is -0.378 e. The number of nitrogens with zero attached hydrogens (tertiary/aromatic N) is 1. The van der Waals surface area contributed by atoms with Gasteiger partial charge < -0.3 is 10.2 Å². The molecule has 0 fully saturated rings. The van der Waals surface area contributed by atoms with Crippen molar-refractivity contribution in [3.05, 3.63) is 51.2 Å². The Balaban J connectivity index is 1.60. The maximum Gasteiger partial charge on any atom is 0.261 e. The number of benzene rings is 1. The van der Waals surface area contributed by atoms with Gasteiger partial charge in [-0.15, -0.1) is 11.3 Å². The average Bonchev–Trinajstić information content (AvgIpc) is 3.06. The number of thiophene rings is 1. The van der Waals surface area contributed by atoms with Gasteiger partial charge in [0.15, 0.2) is 0 Å². The van der Waals surface area contributed by atoms with Crippen molar-refractivity contribution in [3.8, 4) is 0 Å². The molecule has 2 aromatic rings. The molecule has 0 radical (unpaired) electrons. The van der Waals surface area contributed by atoms with Crippen LogP contribution < -0.4 is 10.2 Å². The van der Waals surface area contributed by atoms with Crippen molar-refractivity contribution in [2.45, 2.75) is 25.8 Å². The fourth-order valence-corrected chi connectivity index (χ4v) is 3.79. The minimum absolute atomic E-state index is 0.0473. The Kier molecular flexibility index (Phi) is 3.97. The topological polar surface area (TPSA) is 32.3 Å². The number of amides is 1. The number of hydrogen-bond donors (Lipinski definition) is 1. The molecule has 1 aromatic carbocycles. The third-order valence-electron chi connectivity index (χ3n) is 3.88. The van der Waals surface area contributed by atoms with Crippen LogP contribution in [0.25, 0.3) is 0 Å². The molecule has 1 aliphatic carbocycles. The van der Waals surface area contributed by atoms with E-state index in [9.17, 15) is 4.79 Å². The van der Waals surface area contributed by atoms with E-state index < -0.39 is 0 Å². The zero-order valence-corrected chi connectivity index (χ0v) is 13.3. The second-order valence-electron chi connectivity index (χ2n) is 5.66. The normalized spacial score (nSPS) is 13.0. The average molecular weight is 300 g/mol. The van der Waals surface area contributed by atoms with Crippen LogP contribution in [0.4, 0.5) is 5.69 Å². The van der Waals surface area contributed by atoms with Gasteiger partial charge in [-0.2, -0.15) is 0 Å². The van der Waals surface area contributed by atoms with E-state index in [0.29, 0.717) is 6.54 Å². The fraction of sp³-hybridized carbons (Fsp3) is 0.353. The van der Waals surface area contributed by atoms with Crippen LogP contribution in [0.2, 0.25) is 0 Å². The van der Waals surface area contributed by atoms with Crippen LogP contribution in [0.3, 0.4) is 0 Å². The van der Waals surface area contributed by atoms with Gasteiger partial charge in [-0.1, -0.05) is 12.1 Å². The summed E-state index contributed by atoms with van der Waals surface area (Å²) in [6.07, 6.45) is 3.51.